The van der Waals surface area contributed by atoms with Crippen LogP contribution >= 0.6 is 0 Å². The predicted molar refractivity (Wildman–Crippen MR) is 136 cm³/mol. The van der Waals surface area contributed by atoms with E-state index in [0.717, 1.165) is 53.9 Å². The topological polar surface area (TPSA) is 59.1 Å². The Morgan fingerprint density at radius 3 is 2.20 bits per heavy atom. The maximum Gasteiger partial charge on any atom is 0.410 e. The van der Waals surface area contributed by atoms with Gasteiger partial charge in [0.1, 0.15) is 17.0 Å². The molecule has 5 rings (SSSR count). The third-order valence-electron chi connectivity index (χ3n) is 7.00. The fourth-order valence-corrected chi connectivity index (χ4v) is 5.14. The number of likely N-dealkylation sites (tertiary alicyclic amines) is 2. The first-order chi connectivity index (χ1) is 16.7. The molecule has 35 heavy (non-hydrogen) atoms. The SMILES string of the molecule is CC(C)(C)OC(=O)N1CCC2(C=C(c3ccc(C(=O)N4CCCC4)cc3)c3ccccc3O2)CC1. The number of ether oxygens (including phenoxy) is 2. The minimum Gasteiger partial charge on any atom is -0.482 e. The second-order valence-electron chi connectivity index (χ2n) is 10.8. The summed E-state index contributed by atoms with van der Waals surface area (Å²) in [6, 6.07) is 16.1. The first-order valence-corrected chi connectivity index (χ1v) is 12.6. The van der Waals surface area contributed by atoms with Crippen molar-refractivity contribution < 1.29 is 19.1 Å². The minimum absolute atomic E-state index is 0.112. The van der Waals surface area contributed by atoms with Crippen LogP contribution in [0.25, 0.3) is 5.57 Å². The maximum absolute atomic E-state index is 12.8. The molecule has 0 saturated carbocycles. The van der Waals surface area contributed by atoms with Crippen LogP contribution in [0.2, 0.25) is 0 Å². The lowest BCUT2D eigenvalue weighted by molar-refractivity contribution is -0.00117. The first-order valence-electron chi connectivity index (χ1n) is 12.6. The molecule has 184 valence electrons. The van der Waals surface area contributed by atoms with Crippen LogP contribution in [-0.4, -0.2) is 59.2 Å². The van der Waals surface area contributed by atoms with Crippen LogP contribution in [0.4, 0.5) is 4.79 Å². The van der Waals surface area contributed by atoms with E-state index >= 15 is 0 Å². The second-order valence-corrected chi connectivity index (χ2v) is 10.8. The van der Waals surface area contributed by atoms with E-state index in [9.17, 15) is 9.59 Å². The van der Waals surface area contributed by atoms with E-state index in [1.54, 1.807) is 4.90 Å². The number of fused-ring (bicyclic) bond motifs is 1. The Hall–Kier alpha value is -3.28. The Labute approximate surface area is 207 Å². The summed E-state index contributed by atoms with van der Waals surface area (Å²) in [7, 11) is 0. The van der Waals surface area contributed by atoms with Crippen LogP contribution in [-0.2, 0) is 4.74 Å². The van der Waals surface area contributed by atoms with Gasteiger partial charge in [0.05, 0.1) is 0 Å². The molecule has 0 aromatic heterocycles. The van der Waals surface area contributed by atoms with Gasteiger partial charge >= 0.3 is 6.09 Å². The molecule has 2 aromatic carbocycles. The lowest BCUT2D eigenvalue weighted by Gasteiger charge is -2.43. The van der Waals surface area contributed by atoms with Gasteiger partial charge in [-0.05, 0) is 69.0 Å². The number of amides is 2. The third-order valence-corrected chi connectivity index (χ3v) is 7.00. The summed E-state index contributed by atoms with van der Waals surface area (Å²) in [5, 5.41) is 0. The van der Waals surface area contributed by atoms with Crippen molar-refractivity contribution in [3.8, 4) is 5.75 Å². The van der Waals surface area contributed by atoms with Gasteiger partial charge in [-0.25, -0.2) is 4.79 Å². The minimum atomic E-state index is -0.512. The van der Waals surface area contributed by atoms with Crippen molar-refractivity contribution in [2.75, 3.05) is 26.2 Å². The number of hydrogen-bond acceptors (Lipinski definition) is 4. The molecule has 2 aromatic rings. The van der Waals surface area contributed by atoms with Crippen molar-refractivity contribution in [2.45, 2.75) is 57.7 Å². The van der Waals surface area contributed by atoms with Crippen LogP contribution in [0.5, 0.6) is 5.75 Å². The Bertz CT molecular complexity index is 1130. The standard InChI is InChI=1S/C29H34N2O4/c1-28(2,3)35-27(33)31-18-14-29(15-19-31)20-24(23-8-4-5-9-25(23)34-29)21-10-12-22(13-11-21)26(32)30-16-6-7-17-30/h4-5,8-13,20H,6-7,14-19H2,1-3H3. The number of carbonyl (C=O) groups is 2. The van der Waals surface area contributed by atoms with Crippen LogP contribution in [0, 0.1) is 0 Å². The Morgan fingerprint density at radius 1 is 0.886 bits per heavy atom. The smallest absolute Gasteiger partial charge is 0.410 e. The summed E-state index contributed by atoms with van der Waals surface area (Å²) in [4.78, 5) is 29.1. The molecule has 2 fully saturated rings. The zero-order valence-electron chi connectivity index (χ0n) is 20.9. The molecule has 0 N–H and O–H groups in total. The predicted octanol–water partition coefficient (Wildman–Crippen LogP) is 5.52. The molecule has 0 aliphatic carbocycles. The van der Waals surface area contributed by atoms with Crippen LogP contribution in [0.15, 0.2) is 54.6 Å². The number of benzene rings is 2. The largest absolute Gasteiger partial charge is 0.482 e. The van der Waals surface area contributed by atoms with Crippen molar-refractivity contribution in [3.05, 3.63) is 71.3 Å². The van der Waals surface area contributed by atoms with E-state index in [2.05, 4.69) is 12.1 Å². The van der Waals surface area contributed by atoms with Crippen molar-refractivity contribution in [1.82, 2.24) is 9.80 Å². The third kappa shape index (κ3) is 4.93. The molecule has 0 unspecified atom stereocenters. The molecular weight excluding hydrogens is 440 g/mol. The van der Waals surface area contributed by atoms with E-state index in [4.69, 9.17) is 9.47 Å². The highest BCUT2D eigenvalue weighted by Gasteiger charge is 2.40. The zero-order chi connectivity index (χ0) is 24.6. The van der Waals surface area contributed by atoms with Gasteiger partial charge in [-0.3, -0.25) is 4.79 Å². The second kappa shape index (κ2) is 9.06. The van der Waals surface area contributed by atoms with E-state index in [-0.39, 0.29) is 12.0 Å². The van der Waals surface area contributed by atoms with E-state index < -0.39 is 11.2 Å². The van der Waals surface area contributed by atoms with Crippen molar-refractivity contribution in [3.63, 3.8) is 0 Å². The average molecular weight is 475 g/mol. The molecule has 0 bridgehead atoms. The van der Waals surface area contributed by atoms with Gasteiger partial charge in [-0.15, -0.1) is 0 Å². The molecule has 0 atom stereocenters. The fraction of sp³-hybridized carbons (Fsp3) is 0.448. The summed E-state index contributed by atoms with van der Waals surface area (Å²) in [6.45, 7) is 8.50. The lowest BCUT2D eigenvalue weighted by Crippen LogP contribution is -2.50. The first kappa shape index (κ1) is 23.5. The van der Waals surface area contributed by atoms with Crippen LogP contribution < -0.4 is 4.74 Å². The van der Waals surface area contributed by atoms with Crippen molar-refractivity contribution in [2.24, 2.45) is 0 Å². The lowest BCUT2D eigenvalue weighted by atomic mass is 9.83. The number of piperidine rings is 1. The summed E-state index contributed by atoms with van der Waals surface area (Å²) in [5.74, 6) is 0.967. The highest BCUT2D eigenvalue weighted by Crippen LogP contribution is 2.43. The number of para-hydroxylation sites is 1. The van der Waals surface area contributed by atoms with Gasteiger partial charge in [-0.1, -0.05) is 30.3 Å². The average Bonchev–Trinajstić information content (AvgIpc) is 3.38. The molecule has 3 aliphatic rings. The Morgan fingerprint density at radius 2 is 1.54 bits per heavy atom. The van der Waals surface area contributed by atoms with Gasteiger partial charge < -0.3 is 19.3 Å². The van der Waals surface area contributed by atoms with E-state index in [0.29, 0.717) is 25.9 Å². The van der Waals surface area contributed by atoms with Crippen LogP contribution in [0.1, 0.15) is 67.9 Å². The van der Waals surface area contributed by atoms with Crippen molar-refractivity contribution in [1.29, 1.82) is 0 Å². The molecule has 6 nitrogen and oxygen atoms in total. The van der Waals surface area contributed by atoms with E-state index in [1.165, 1.54) is 0 Å². The highest BCUT2D eigenvalue weighted by atomic mass is 16.6. The summed E-state index contributed by atoms with van der Waals surface area (Å²) < 4.78 is 12.1. The highest BCUT2D eigenvalue weighted by molar-refractivity contribution is 5.95. The molecule has 1 spiro atoms. The normalized spacial score (nSPS) is 19.1. The monoisotopic (exact) mass is 474 g/mol. The number of hydrogen-bond donors (Lipinski definition) is 0. The van der Waals surface area contributed by atoms with Crippen molar-refractivity contribution >= 4 is 17.6 Å². The van der Waals surface area contributed by atoms with Gasteiger partial charge in [0.2, 0.25) is 0 Å². The van der Waals surface area contributed by atoms with Gasteiger partial charge in [0.15, 0.2) is 0 Å². The summed E-state index contributed by atoms with van der Waals surface area (Å²) in [6.07, 6.45) is 5.50. The molecule has 3 aliphatic heterocycles. The molecular formula is C29H34N2O4. The molecule has 6 heteroatoms. The quantitative estimate of drug-likeness (QED) is 0.575. The number of rotatable bonds is 2. The summed E-state index contributed by atoms with van der Waals surface area (Å²) in [5.41, 5.74) is 2.96. The Kier molecular flexibility index (Phi) is 6.07. The van der Waals surface area contributed by atoms with Gasteiger partial charge in [0.25, 0.3) is 5.91 Å². The van der Waals surface area contributed by atoms with Gasteiger partial charge in [0, 0.05) is 50.1 Å². The maximum atomic E-state index is 12.8. The molecule has 3 heterocycles. The fourth-order valence-electron chi connectivity index (χ4n) is 5.14. The van der Waals surface area contributed by atoms with Gasteiger partial charge in [-0.2, -0.15) is 0 Å². The molecule has 0 radical (unpaired) electrons. The summed E-state index contributed by atoms with van der Waals surface area (Å²) >= 11 is 0. The number of nitrogens with zero attached hydrogens (tertiary/aromatic N) is 2. The Balaban J connectivity index is 1.39. The van der Waals surface area contributed by atoms with E-state index in [1.807, 2.05) is 68.1 Å². The number of carbonyl (C=O) groups excluding carboxylic acids is 2. The molecule has 2 saturated heterocycles. The van der Waals surface area contributed by atoms with Crippen LogP contribution in [0.3, 0.4) is 0 Å². The zero-order valence-corrected chi connectivity index (χ0v) is 20.9. The molecule has 2 amide bonds.